The number of nitrogens with zero attached hydrogens (tertiary/aromatic N) is 5. The Bertz CT molecular complexity index is 1270. The van der Waals surface area contributed by atoms with Gasteiger partial charge in [0.1, 0.15) is 5.65 Å². The van der Waals surface area contributed by atoms with Gasteiger partial charge >= 0.3 is 0 Å². The smallest absolute Gasteiger partial charge is 0.265 e. The van der Waals surface area contributed by atoms with Gasteiger partial charge in [0.15, 0.2) is 0 Å². The predicted molar refractivity (Wildman–Crippen MR) is 114 cm³/mol. The summed E-state index contributed by atoms with van der Waals surface area (Å²) in [4.78, 5) is 14.5. The molecule has 1 saturated heterocycles. The fraction of sp³-hybridized carbons (Fsp3) is 0.450. The number of halogens is 4. The third-order valence-electron chi connectivity index (χ3n) is 5.70. The molecule has 8 nitrogen and oxygen atoms in total. The normalized spacial score (nSPS) is 21.1. The first-order valence-corrected chi connectivity index (χ1v) is 12.0. The highest BCUT2D eigenvalue weighted by Crippen LogP contribution is 2.38. The van der Waals surface area contributed by atoms with Crippen molar-refractivity contribution in [2.75, 3.05) is 30.8 Å². The van der Waals surface area contributed by atoms with Crippen LogP contribution in [-0.2, 0) is 10.0 Å². The van der Waals surface area contributed by atoms with E-state index in [9.17, 15) is 26.0 Å². The molecule has 2 atom stereocenters. The first kappa shape index (κ1) is 23.4. The number of anilines is 1. The molecule has 4 heterocycles. The number of piperidine rings is 1. The Morgan fingerprint density at radius 3 is 2.67 bits per heavy atom. The lowest BCUT2D eigenvalue weighted by Crippen LogP contribution is -2.56. The SMILES string of the molecule is C[C@H]1CN(c2nccc(-c3cnc4ccc(C(F)F)cn34)n2)C[C@@H](CNS(C)(=O)=O)C1(F)F. The van der Waals surface area contributed by atoms with Crippen LogP contribution in [0.3, 0.4) is 0 Å². The van der Waals surface area contributed by atoms with E-state index in [0.717, 1.165) is 6.26 Å². The first-order valence-electron chi connectivity index (χ1n) is 10.1. The number of hydrogen-bond donors (Lipinski definition) is 1. The molecule has 0 aromatic carbocycles. The minimum absolute atomic E-state index is 0.0332. The number of aromatic nitrogens is 4. The Hall–Kier alpha value is -2.80. The third kappa shape index (κ3) is 4.78. The number of nitrogens with one attached hydrogen (secondary N) is 1. The summed E-state index contributed by atoms with van der Waals surface area (Å²) in [5, 5.41) is 0. The molecule has 1 aliphatic rings. The van der Waals surface area contributed by atoms with Gasteiger partial charge in [-0.2, -0.15) is 0 Å². The van der Waals surface area contributed by atoms with Gasteiger partial charge in [0.05, 0.1) is 29.8 Å². The van der Waals surface area contributed by atoms with Crippen LogP contribution in [0, 0.1) is 11.8 Å². The van der Waals surface area contributed by atoms with Crippen molar-refractivity contribution < 1.29 is 26.0 Å². The van der Waals surface area contributed by atoms with Crippen molar-refractivity contribution in [3.63, 3.8) is 0 Å². The van der Waals surface area contributed by atoms with Crippen LogP contribution in [0.1, 0.15) is 18.9 Å². The molecule has 0 radical (unpaired) electrons. The molecule has 0 amide bonds. The second-order valence-corrected chi connectivity index (χ2v) is 10.0. The summed E-state index contributed by atoms with van der Waals surface area (Å²) in [6.07, 6.45) is 2.48. The van der Waals surface area contributed by atoms with Crippen molar-refractivity contribution in [2.45, 2.75) is 19.3 Å². The van der Waals surface area contributed by atoms with Gasteiger partial charge in [-0.3, -0.25) is 4.40 Å². The number of alkyl halides is 4. The van der Waals surface area contributed by atoms with Crippen LogP contribution in [0.4, 0.5) is 23.5 Å². The Morgan fingerprint density at radius 1 is 1.21 bits per heavy atom. The van der Waals surface area contributed by atoms with Crippen LogP contribution in [0.2, 0.25) is 0 Å². The summed E-state index contributed by atoms with van der Waals surface area (Å²) >= 11 is 0. The van der Waals surface area contributed by atoms with Crippen LogP contribution in [-0.4, -0.2) is 59.6 Å². The second kappa shape index (κ2) is 8.52. The highest BCUT2D eigenvalue weighted by molar-refractivity contribution is 7.88. The summed E-state index contributed by atoms with van der Waals surface area (Å²) in [5.74, 6) is -5.26. The number of imidazole rings is 1. The Labute approximate surface area is 187 Å². The van der Waals surface area contributed by atoms with E-state index < -0.39 is 40.8 Å². The van der Waals surface area contributed by atoms with Crippen LogP contribution in [0.25, 0.3) is 17.0 Å². The van der Waals surface area contributed by atoms with E-state index in [-0.39, 0.29) is 24.6 Å². The molecule has 0 bridgehead atoms. The highest BCUT2D eigenvalue weighted by atomic mass is 32.2. The molecule has 0 spiro atoms. The zero-order valence-electron chi connectivity index (χ0n) is 17.8. The van der Waals surface area contributed by atoms with Crippen molar-refractivity contribution >= 4 is 21.6 Å². The van der Waals surface area contributed by atoms with Crippen LogP contribution < -0.4 is 9.62 Å². The standard InChI is InChI=1S/C20H22F4N6O2S/c1-12-9-29(11-14(20(12,23)24)7-27-33(2,31)32)19-25-6-5-15(28-19)16-8-26-17-4-3-13(18(21)22)10-30(16)17/h3-6,8,10,12,14,18,27H,7,9,11H2,1-2H3/t12-,14+/m0/s1. The van der Waals surface area contributed by atoms with E-state index >= 15 is 0 Å². The molecular weight excluding hydrogens is 464 g/mol. The van der Waals surface area contributed by atoms with Crippen molar-refractivity contribution in [1.29, 1.82) is 0 Å². The van der Waals surface area contributed by atoms with Gasteiger partial charge < -0.3 is 4.90 Å². The fourth-order valence-corrected chi connectivity index (χ4v) is 4.40. The molecule has 1 fully saturated rings. The Kier molecular flexibility index (Phi) is 6.03. The van der Waals surface area contributed by atoms with Gasteiger partial charge in [0.25, 0.3) is 12.3 Å². The van der Waals surface area contributed by atoms with E-state index in [1.165, 1.54) is 42.0 Å². The van der Waals surface area contributed by atoms with Gasteiger partial charge in [-0.1, -0.05) is 6.92 Å². The zero-order chi connectivity index (χ0) is 24.0. The number of sulfonamides is 1. The van der Waals surface area contributed by atoms with Gasteiger partial charge in [-0.15, -0.1) is 0 Å². The molecule has 13 heteroatoms. The molecule has 3 aromatic rings. The summed E-state index contributed by atoms with van der Waals surface area (Å²) in [6.45, 7) is 0.774. The number of rotatable bonds is 6. The molecule has 0 unspecified atom stereocenters. The zero-order valence-corrected chi connectivity index (χ0v) is 18.6. The number of hydrogen-bond acceptors (Lipinski definition) is 6. The molecule has 0 aliphatic carbocycles. The minimum atomic E-state index is -3.64. The summed E-state index contributed by atoms with van der Waals surface area (Å²) in [7, 11) is -3.64. The summed E-state index contributed by atoms with van der Waals surface area (Å²) in [5.41, 5.74) is 1.11. The first-order chi connectivity index (χ1) is 15.5. The summed E-state index contributed by atoms with van der Waals surface area (Å²) < 4.78 is 82.2. The maximum Gasteiger partial charge on any atom is 0.265 e. The summed E-state index contributed by atoms with van der Waals surface area (Å²) in [6, 6.07) is 4.34. The molecular formula is C20H22F4N6O2S. The molecule has 1 aliphatic heterocycles. The topological polar surface area (TPSA) is 92.5 Å². The number of pyridine rings is 1. The van der Waals surface area contributed by atoms with E-state index in [1.807, 2.05) is 0 Å². The molecule has 1 N–H and O–H groups in total. The van der Waals surface area contributed by atoms with Crippen molar-refractivity contribution in [2.24, 2.45) is 11.8 Å². The van der Waals surface area contributed by atoms with Crippen molar-refractivity contribution in [3.8, 4) is 11.4 Å². The van der Waals surface area contributed by atoms with Crippen LogP contribution >= 0.6 is 0 Å². The molecule has 3 aromatic heterocycles. The lowest BCUT2D eigenvalue weighted by molar-refractivity contribution is -0.109. The average molecular weight is 486 g/mol. The monoisotopic (exact) mass is 486 g/mol. The highest BCUT2D eigenvalue weighted by Gasteiger charge is 2.50. The van der Waals surface area contributed by atoms with E-state index in [4.69, 9.17) is 0 Å². The van der Waals surface area contributed by atoms with E-state index in [0.29, 0.717) is 17.0 Å². The molecule has 33 heavy (non-hydrogen) atoms. The van der Waals surface area contributed by atoms with Gasteiger partial charge in [0.2, 0.25) is 16.0 Å². The third-order valence-corrected chi connectivity index (χ3v) is 6.39. The maximum absolute atomic E-state index is 14.7. The van der Waals surface area contributed by atoms with Gasteiger partial charge in [0, 0.05) is 43.5 Å². The van der Waals surface area contributed by atoms with Crippen molar-refractivity contribution in [1.82, 2.24) is 24.1 Å². The minimum Gasteiger partial charge on any atom is -0.340 e. The van der Waals surface area contributed by atoms with Crippen LogP contribution in [0.15, 0.2) is 36.8 Å². The average Bonchev–Trinajstić information content (AvgIpc) is 3.17. The fourth-order valence-electron chi connectivity index (χ4n) is 3.89. The molecule has 4 rings (SSSR count). The van der Waals surface area contributed by atoms with E-state index in [1.54, 1.807) is 11.0 Å². The van der Waals surface area contributed by atoms with E-state index in [2.05, 4.69) is 19.7 Å². The lowest BCUT2D eigenvalue weighted by atomic mass is 9.86. The van der Waals surface area contributed by atoms with Gasteiger partial charge in [-0.05, 0) is 18.2 Å². The van der Waals surface area contributed by atoms with Crippen LogP contribution in [0.5, 0.6) is 0 Å². The number of fused-ring (bicyclic) bond motifs is 1. The largest absolute Gasteiger partial charge is 0.340 e. The molecule has 178 valence electrons. The Morgan fingerprint density at radius 2 is 1.97 bits per heavy atom. The molecule has 0 saturated carbocycles. The Balaban J connectivity index is 1.65. The van der Waals surface area contributed by atoms with Gasteiger partial charge in [-0.25, -0.2) is 45.7 Å². The second-order valence-electron chi connectivity index (χ2n) is 8.17. The van der Waals surface area contributed by atoms with Crippen molar-refractivity contribution in [3.05, 3.63) is 42.4 Å². The predicted octanol–water partition coefficient (Wildman–Crippen LogP) is 2.99. The maximum atomic E-state index is 14.7. The quantitative estimate of drug-likeness (QED) is 0.539. The lowest BCUT2D eigenvalue weighted by Gasteiger charge is -2.42.